The van der Waals surface area contributed by atoms with Crippen molar-refractivity contribution in [2.24, 2.45) is 0 Å². The average Bonchev–Trinajstić information content (AvgIpc) is 3.07. The quantitative estimate of drug-likeness (QED) is 0.504. The highest BCUT2D eigenvalue weighted by Gasteiger charge is 2.10. The van der Waals surface area contributed by atoms with E-state index >= 15 is 0 Å². The fourth-order valence-corrected chi connectivity index (χ4v) is 3.62. The first-order valence-corrected chi connectivity index (χ1v) is 8.57. The molecule has 0 saturated heterocycles. The minimum Gasteiger partial charge on any atom is -0.321 e. The van der Waals surface area contributed by atoms with Crippen LogP contribution >= 0.6 is 11.3 Å². The van der Waals surface area contributed by atoms with Gasteiger partial charge in [0.25, 0.3) is 5.91 Å². The van der Waals surface area contributed by atoms with Crippen molar-refractivity contribution in [3.05, 3.63) is 89.8 Å². The normalized spacial score (nSPS) is 10.7. The molecule has 1 aromatic heterocycles. The monoisotopic (exact) mass is 329 g/mol. The molecule has 3 aromatic carbocycles. The van der Waals surface area contributed by atoms with Crippen LogP contribution in [-0.4, -0.2) is 5.91 Å². The molecule has 24 heavy (non-hydrogen) atoms. The standard InChI is InChI=1S/C21H15NOS/c23-21(20-14-17-8-4-5-9-19(17)24-20)22-18-12-10-16(11-13-18)15-6-2-1-3-7-15/h1-14H,(H,22,23). The summed E-state index contributed by atoms with van der Waals surface area (Å²) in [5.41, 5.74) is 3.10. The fraction of sp³-hybridized carbons (Fsp3) is 0. The van der Waals surface area contributed by atoms with E-state index in [1.165, 1.54) is 16.9 Å². The molecule has 0 fully saturated rings. The Bertz CT molecular complexity index is 954. The van der Waals surface area contributed by atoms with Crippen molar-refractivity contribution in [2.75, 3.05) is 5.32 Å². The SMILES string of the molecule is O=C(Nc1ccc(-c2ccccc2)cc1)c1cc2ccccc2s1. The van der Waals surface area contributed by atoms with Crippen molar-refractivity contribution in [1.29, 1.82) is 0 Å². The molecule has 1 heterocycles. The summed E-state index contributed by atoms with van der Waals surface area (Å²) < 4.78 is 1.13. The first-order valence-electron chi connectivity index (χ1n) is 7.75. The Hall–Kier alpha value is -2.91. The lowest BCUT2D eigenvalue weighted by Gasteiger charge is -2.06. The Kier molecular flexibility index (Phi) is 3.85. The van der Waals surface area contributed by atoms with E-state index in [0.717, 1.165) is 26.2 Å². The van der Waals surface area contributed by atoms with Gasteiger partial charge in [0.05, 0.1) is 4.88 Å². The van der Waals surface area contributed by atoms with E-state index in [0.29, 0.717) is 0 Å². The van der Waals surface area contributed by atoms with Crippen molar-refractivity contribution in [3.8, 4) is 11.1 Å². The largest absolute Gasteiger partial charge is 0.321 e. The summed E-state index contributed by atoms with van der Waals surface area (Å²) in [4.78, 5) is 13.2. The van der Waals surface area contributed by atoms with E-state index in [1.807, 2.05) is 72.8 Å². The van der Waals surface area contributed by atoms with Crippen molar-refractivity contribution < 1.29 is 4.79 Å². The van der Waals surface area contributed by atoms with E-state index in [1.54, 1.807) is 0 Å². The Morgan fingerprint density at radius 3 is 2.17 bits per heavy atom. The molecule has 0 bridgehead atoms. The van der Waals surface area contributed by atoms with Crippen molar-refractivity contribution in [1.82, 2.24) is 0 Å². The number of thiophene rings is 1. The third kappa shape index (κ3) is 2.94. The van der Waals surface area contributed by atoms with Crippen LogP contribution in [0.5, 0.6) is 0 Å². The summed E-state index contributed by atoms with van der Waals surface area (Å²) in [6.45, 7) is 0. The molecule has 0 aliphatic carbocycles. The van der Waals surface area contributed by atoms with Gasteiger partial charge >= 0.3 is 0 Å². The Labute approximate surface area is 144 Å². The van der Waals surface area contributed by atoms with Gasteiger partial charge in [-0.05, 0) is 40.8 Å². The minimum absolute atomic E-state index is 0.0661. The number of hydrogen-bond donors (Lipinski definition) is 1. The first kappa shape index (κ1) is 14.7. The zero-order valence-electron chi connectivity index (χ0n) is 12.9. The number of hydrogen-bond acceptors (Lipinski definition) is 2. The van der Waals surface area contributed by atoms with Crippen LogP contribution < -0.4 is 5.32 Å². The minimum atomic E-state index is -0.0661. The molecule has 3 heteroatoms. The van der Waals surface area contributed by atoms with Crippen LogP contribution in [0, 0.1) is 0 Å². The van der Waals surface area contributed by atoms with Gasteiger partial charge in [-0.2, -0.15) is 0 Å². The second-order valence-corrected chi connectivity index (χ2v) is 6.63. The van der Waals surface area contributed by atoms with Gasteiger partial charge in [-0.15, -0.1) is 11.3 Å². The second kappa shape index (κ2) is 6.30. The number of rotatable bonds is 3. The van der Waals surface area contributed by atoms with E-state index < -0.39 is 0 Å². The molecule has 0 saturated carbocycles. The predicted molar refractivity (Wildman–Crippen MR) is 102 cm³/mol. The number of benzene rings is 3. The Morgan fingerprint density at radius 1 is 0.750 bits per heavy atom. The van der Waals surface area contributed by atoms with Crippen LogP contribution in [0.25, 0.3) is 21.2 Å². The Morgan fingerprint density at radius 2 is 1.42 bits per heavy atom. The van der Waals surface area contributed by atoms with Crippen LogP contribution in [0.4, 0.5) is 5.69 Å². The van der Waals surface area contributed by atoms with Crippen LogP contribution in [0.1, 0.15) is 9.67 Å². The summed E-state index contributed by atoms with van der Waals surface area (Å²) in [7, 11) is 0. The molecule has 116 valence electrons. The predicted octanol–water partition coefficient (Wildman–Crippen LogP) is 5.82. The fourth-order valence-electron chi connectivity index (χ4n) is 2.66. The van der Waals surface area contributed by atoms with Crippen molar-refractivity contribution in [2.45, 2.75) is 0 Å². The van der Waals surface area contributed by atoms with Crippen LogP contribution in [0.15, 0.2) is 84.9 Å². The maximum absolute atomic E-state index is 12.4. The van der Waals surface area contributed by atoms with E-state index in [9.17, 15) is 4.79 Å². The van der Waals surface area contributed by atoms with Crippen molar-refractivity contribution in [3.63, 3.8) is 0 Å². The van der Waals surface area contributed by atoms with Gasteiger partial charge in [-0.1, -0.05) is 60.7 Å². The summed E-state index contributed by atoms with van der Waals surface area (Å²) in [5.74, 6) is -0.0661. The summed E-state index contributed by atoms with van der Waals surface area (Å²) in [6.07, 6.45) is 0. The number of amides is 1. The van der Waals surface area contributed by atoms with Gasteiger partial charge in [0.2, 0.25) is 0 Å². The number of carbonyl (C=O) groups excluding carboxylic acids is 1. The third-order valence-corrected chi connectivity index (χ3v) is 5.01. The van der Waals surface area contributed by atoms with E-state index in [4.69, 9.17) is 0 Å². The smallest absolute Gasteiger partial charge is 0.265 e. The Balaban J connectivity index is 1.53. The molecule has 0 aliphatic heterocycles. The maximum Gasteiger partial charge on any atom is 0.265 e. The molecule has 2 nitrogen and oxygen atoms in total. The molecular weight excluding hydrogens is 314 g/mol. The molecule has 1 N–H and O–H groups in total. The molecule has 0 aliphatic rings. The number of fused-ring (bicyclic) bond motifs is 1. The van der Waals surface area contributed by atoms with Gasteiger partial charge in [0, 0.05) is 10.4 Å². The summed E-state index contributed by atoms with van der Waals surface area (Å²) in [6, 6.07) is 28.1. The van der Waals surface area contributed by atoms with Gasteiger partial charge in [0.1, 0.15) is 0 Å². The molecule has 4 rings (SSSR count). The second-order valence-electron chi connectivity index (χ2n) is 5.55. The van der Waals surface area contributed by atoms with Gasteiger partial charge in [-0.25, -0.2) is 0 Å². The van der Waals surface area contributed by atoms with Gasteiger partial charge in [-0.3, -0.25) is 4.79 Å². The zero-order chi connectivity index (χ0) is 16.4. The lowest BCUT2D eigenvalue weighted by molar-refractivity contribution is 0.103. The third-order valence-electron chi connectivity index (χ3n) is 3.90. The molecule has 0 unspecified atom stereocenters. The number of carbonyl (C=O) groups is 1. The highest BCUT2D eigenvalue weighted by molar-refractivity contribution is 7.20. The summed E-state index contributed by atoms with van der Waals surface area (Å²) >= 11 is 1.51. The number of anilines is 1. The molecule has 0 spiro atoms. The topological polar surface area (TPSA) is 29.1 Å². The summed E-state index contributed by atoms with van der Waals surface area (Å²) in [5, 5.41) is 4.07. The maximum atomic E-state index is 12.4. The highest BCUT2D eigenvalue weighted by atomic mass is 32.1. The van der Waals surface area contributed by atoms with Gasteiger partial charge < -0.3 is 5.32 Å². The highest BCUT2D eigenvalue weighted by Crippen LogP contribution is 2.26. The molecule has 0 atom stereocenters. The van der Waals surface area contributed by atoms with Gasteiger partial charge in [0.15, 0.2) is 0 Å². The average molecular weight is 329 g/mol. The van der Waals surface area contributed by atoms with Crippen LogP contribution in [-0.2, 0) is 0 Å². The lowest BCUT2D eigenvalue weighted by Crippen LogP contribution is -2.09. The van der Waals surface area contributed by atoms with Crippen LogP contribution in [0.2, 0.25) is 0 Å². The molecule has 1 amide bonds. The zero-order valence-corrected chi connectivity index (χ0v) is 13.7. The van der Waals surface area contributed by atoms with E-state index in [-0.39, 0.29) is 5.91 Å². The van der Waals surface area contributed by atoms with Crippen molar-refractivity contribution >= 4 is 33.0 Å². The molecule has 4 aromatic rings. The lowest BCUT2D eigenvalue weighted by atomic mass is 10.1. The molecule has 0 radical (unpaired) electrons. The van der Waals surface area contributed by atoms with E-state index in [2.05, 4.69) is 17.4 Å². The molecular formula is C21H15NOS. The number of nitrogens with one attached hydrogen (secondary N) is 1. The first-order chi connectivity index (χ1) is 11.8. The van der Waals surface area contributed by atoms with Crippen LogP contribution in [0.3, 0.4) is 0 Å².